The normalized spacial score (nSPS) is 26.1. The van der Waals surface area contributed by atoms with Crippen molar-refractivity contribution in [1.29, 1.82) is 0 Å². The van der Waals surface area contributed by atoms with E-state index in [9.17, 15) is 12.8 Å². The number of rotatable bonds is 4. The van der Waals surface area contributed by atoms with Gasteiger partial charge in [-0.25, -0.2) is 12.8 Å². The predicted octanol–water partition coefficient (Wildman–Crippen LogP) is 2.42. The molecule has 2 N–H and O–H groups in total. The molecule has 2 atom stereocenters. The molecule has 0 bridgehead atoms. The number of halogens is 1. The van der Waals surface area contributed by atoms with Gasteiger partial charge in [0.25, 0.3) is 0 Å². The second-order valence-corrected chi connectivity index (χ2v) is 10.2. The number of hydrogen-bond donors (Lipinski definition) is 2. The van der Waals surface area contributed by atoms with Crippen molar-refractivity contribution in [1.82, 2.24) is 10.6 Å². The van der Waals surface area contributed by atoms with Crippen LogP contribution in [-0.4, -0.2) is 44.6 Å². The molecule has 3 rings (SSSR count). The molecule has 2 heterocycles. The largest absolute Gasteiger partial charge is 0.487 e. The number of aliphatic imine (C=N–C) groups is 1. The van der Waals surface area contributed by atoms with Crippen LogP contribution in [0, 0.1) is 11.7 Å². The molecule has 0 amide bonds. The zero-order valence-electron chi connectivity index (χ0n) is 16.1. The highest BCUT2D eigenvalue weighted by Gasteiger charge is 2.34. The summed E-state index contributed by atoms with van der Waals surface area (Å²) < 4.78 is 42.8. The third-order valence-corrected chi connectivity index (χ3v) is 6.76. The number of nitrogens with zero attached hydrogens (tertiary/aromatic N) is 1. The molecule has 0 spiro atoms. The lowest BCUT2D eigenvalue weighted by Gasteiger charge is -2.38. The lowest BCUT2D eigenvalue weighted by atomic mass is 9.89. The third-order valence-electron chi connectivity index (χ3n) is 4.92. The zero-order valence-corrected chi connectivity index (χ0v) is 16.9. The molecule has 2 aliphatic rings. The number of benzene rings is 1. The molecule has 6 nitrogen and oxygen atoms in total. The second-order valence-electron chi connectivity index (χ2n) is 7.93. The molecular weight excluding hydrogens is 369 g/mol. The summed E-state index contributed by atoms with van der Waals surface area (Å²) >= 11 is 0. The summed E-state index contributed by atoms with van der Waals surface area (Å²) in [6, 6.07) is 4.51. The number of nitrogens with one attached hydrogen (secondary N) is 2. The van der Waals surface area contributed by atoms with Gasteiger partial charge in [-0.1, -0.05) is 6.07 Å². The molecule has 2 unspecified atom stereocenters. The maximum atomic E-state index is 13.6. The van der Waals surface area contributed by atoms with Crippen molar-refractivity contribution in [2.24, 2.45) is 10.9 Å². The number of sulfone groups is 1. The van der Waals surface area contributed by atoms with Gasteiger partial charge < -0.3 is 15.4 Å². The summed E-state index contributed by atoms with van der Waals surface area (Å²) in [7, 11) is -2.90. The van der Waals surface area contributed by atoms with E-state index in [-0.39, 0.29) is 29.3 Å². The molecule has 0 aliphatic carbocycles. The monoisotopic (exact) mass is 397 g/mol. The maximum absolute atomic E-state index is 13.6. The average molecular weight is 398 g/mol. The number of hydrogen-bond acceptors (Lipinski definition) is 4. The van der Waals surface area contributed by atoms with Crippen LogP contribution in [0.25, 0.3) is 0 Å². The fourth-order valence-electron chi connectivity index (χ4n) is 3.68. The van der Waals surface area contributed by atoms with Crippen molar-refractivity contribution >= 4 is 15.8 Å². The number of guanidine groups is 1. The van der Waals surface area contributed by atoms with Gasteiger partial charge in [-0.2, -0.15) is 0 Å². The van der Waals surface area contributed by atoms with Gasteiger partial charge in [-0.3, -0.25) is 4.99 Å². The highest BCUT2D eigenvalue weighted by atomic mass is 32.2. The topological polar surface area (TPSA) is 79.8 Å². The zero-order chi connectivity index (χ0) is 19.7. The number of ether oxygens (including phenoxy) is 1. The van der Waals surface area contributed by atoms with Crippen LogP contribution in [-0.2, 0) is 9.84 Å². The van der Waals surface area contributed by atoms with Crippen molar-refractivity contribution in [3.63, 3.8) is 0 Å². The lowest BCUT2D eigenvalue weighted by Crippen LogP contribution is -2.45. The molecule has 27 heavy (non-hydrogen) atoms. The lowest BCUT2D eigenvalue weighted by molar-refractivity contribution is 0.0689. The Morgan fingerprint density at radius 2 is 2.19 bits per heavy atom. The van der Waals surface area contributed by atoms with E-state index < -0.39 is 15.4 Å². The van der Waals surface area contributed by atoms with E-state index >= 15 is 0 Å². The SMILES string of the molecule is CCNC(=NCC1CCS(=O)(=O)C1)NC1CC(C)(C)Oc2cc(F)ccc21. The quantitative estimate of drug-likeness (QED) is 0.603. The van der Waals surface area contributed by atoms with Crippen molar-refractivity contribution in [2.45, 2.75) is 45.3 Å². The van der Waals surface area contributed by atoms with E-state index in [4.69, 9.17) is 4.74 Å². The van der Waals surface area contributed by atoms with E-state index in [1.165, 1.54) is 12.1 Å². The molecule has 150 valence electrons. The van der Waals surface area contributed by atoms with Crippen molar-refractivity contribution < 1.29 is 17.5 Å². The highest BCUT2D eigenvalue weighted by Crippen LogP contribution is 2.39. The smallest absolute Gasteiger partial charge is 0.191 e. The first-order valence-electron chi connectivity index (χ1n) is 9.41. The standard InChI is InChI=1S/C19H28FN3O3S/c1-4-21-18(22-11-13-7-8-27(24,25)12-13)23-16-10-19(2,3)26-17-9-14(20)5-6-15(16)17/h5-6,9,13,16H,4,7-8,10-12H2,1-3H3,(H2,21,22,23). The third kappa shape index (κ3) is 5.12. The fourth-order valence-corrected chi connectivity index (χ4v) is 5.52. The summed E-state index contributed by atoms with van der Waals surface area (Å²) in [4.78, 5) is 4.61. The van der Waals surface area contributed by atoms with E-state index in [1.54, 1.807) is 6.07 Å². The van der Waals surface area contributed by atoms with Crippen LogP contribution in [0.15, 0.2) is 23.2 Å². The minimum absolute atomic E-state index is 0.0676. The van der Waals surface area contributed by atoms with Crippen LogP contribution in [0.4, 0.5) is 4.39 Å². The highest BCUT2D eigenvalue weighted by molar-refractivity contribution is 7.91. The van der Waals surface area contributed by atoms with Crippen molar-refractivity contribution in [3.8, 4) is 5.75 Å². The molecule has 1 fully saturated rings. The Kier molecular flexibility index (Phi) is 5.65. The predicted molar refractivity (Wildman–Crippen MR) is 104 cm³/mol. The van der Waals surface area contributed by atoms with Crippen LogP contribution in [0.2, 0.25) is 0 Å². The average Bonchev–Trinajstić information content (AvgIpc) is 2.90. The summed E-state index contributed by atoms with van der Waals surface area (Å²) in [5.41, 5.74) is 0.458. The van der Waals surface area contributed by atoms with Crippen LogP contribution in [0.3, 0.4) is 0 Å². The number of fused-ring (bicyclic) bond motifs is 1. The summed E-state index contributed by atoms with van der Waals surface area (Å²) in [5.74, 6) is 1.39. The molecule has 1 aromatic carbocycles. The van der Waals surface area contributed by atoms with Gasteiger partial charge in [-0.05, 0) is 39.2 Å². The van der Waals surface area contributed by atoms with Crippen LogP contribution >= 0.6 is 0 Å². The summed E-state index contributed by atoms with van der Waals surface area (Å²) in [5, 5.41) is 6.64. The Morgan fingerprint density at radius 3 is 2.85 bits per heavy atom. The van der Waals surface area contributed by atoms with Gasteiger partial charge in [0.2, 0.25) is 0 Å². The molecule has 2 aliphatic heterocycles. The van der Waals surface area contributed by atoms with Crippen molar-refractivity contribution in [3.05, 3.63) is 29.6 Å². The van der Waals surface area contributed by atoms with Gasteiger partial charge in [0, 0.05) is 31.1 Å². The van der Waals surface area contributed by atoms with E-state index in [0.29, 0.717) is 37.6 Å². The molecule has 0 aromatic heterocycles. The first-order valence-corrected chi connectivity index (χ1v) is 11.2. The summed E-state index contributed by atoms with van der Waals surface area (Å²) in [6.45, 7) is 7.09. The summed E-state index contributed by atoms with van der Waals surface area (Å²) in [6.07, 6.45) is 1.37. The first-order chi connectivity index (χ1) is 12.7. The van der Waals surface area contributed by atoms with E-state index in [2.05, 4.69) is 15.6 Å². The molecule has 1 saturated heterocycles. The van der Waals surface area contributed by atoms with Gasteiger partial charge in [0.15, 0.2) is 15.8 Å². The Bertz CT molecular complexity index is 823. The van der Waals surface area contributed by atoms with Crippen LogP contribution < -0.4 is 15.4 Å². The molecule has 0 saturated carbocycles. The molecule has 1 aromatic rings. The van der Waals surface area contributed by atoms with Gasteiger partial charge in [0.1, 0.15) is 17.2 Å². The molecule has 8 heteroatoms. The minimum Gasteiger partial charge on any atom is -0.487 e. The first kappa shape index (κ1) is 19.9. The van der Waals surface area contributed by atoms with Gasteiger partial charge >= 0.3 is 0 Å². The molecule has 0 radical (unpaired) electrons. The second kappa shape index (κ2) is 7.66. The van der Waals surface area contributed by atoms with E-state index in [1.807, 2.05) is 20.8 Å². The molecular formula is C19H28FN3O3S. The Morgan fingerprint density at radius 1 is 1.41 bits per heavy atom. The minimum atomic E-state index is -2.90. The van der Waals surface area contributed by atoms with E-state index in [0.717, 1.165) is 5.56 Å². The van der Waals surface area contributed by atoms with Crippen LogP contribution in [0.1, 0.15) is 45.2 Å². The fraction of sp³-hybridized carbons (Fsp3) is 0.632. The maximum Gasteiger partial charge on any atom is 0.191 e. The van der Waals surface area contributed by atoms with Gasteiger partial charge in [-0.15, -0.1) is 0 Å². The Balaban J connectivity index is 1.77. The van der Waals surface area contributed by atoms with Gasteiger partial charge in [0.05, 0.1) is 17.5 Å². The van der Waals surface area contributed by atoms with Crippen molar-refractivity contribution in [2.75, 3.05) is 24.6 Å². The Labute approximate surface area is 160 Å². The van der Waals surface area contributed by atoms with Crippen LogP contribution in [0.5, 0.6) is 5.75 Å². The Hall–Kier alpha value is -1.83.